The number of alkyl carbamates (subject to hydrolysis) is 1. The lowest BCUT2D eigenvalue weighted by molar-refractivity contribution is -0.147. The Balaban J connectivity index is 1.57. The second kappa shape index (κ2) is 12.9. The second-order valence-corrected chi connectivity index (χ2v) is 8.24. The van der Waals surface area contributed by atoms with Crippen LogP contribution in [0.3, 0.4) is 0 Å². The number of amides is 2. The first kappa shape index (κ1) is 25.5. The predicted octanol–water partition coefficient (Wildman–Crippen LogP) is 5.06. The molecule has 0 spiro atoms. The molecule has 0 aromatic heterocycles. The molecule has 182 valence electrons. The summed E-state index contributed by atoms with van der Waals surface area (Å²) in [6, 6.07) is 23.0. The first-order valence-corrected chi connectivity index (χ1v) is 11.5. The van der Waals surface area contributed by atoms with Crippen molar-refractivity contribution in [2.24, 2.45) is 0 Å². The van der Waals surface area contributed by atoms with Crippen LogP contribution in [0, 0.1) is 13.8 Å². The summed E-state index contributed by atoms with van der Waals surface area (Å²) in [6.07, 6.45) is -0.688. The quantitative estimate of drug-likeness (QED) is 0.401. The number of hydrogen-bond donors (Lipinski definition) is 2. The van der Waals surface area contributed by atoms with E-state index in [-0.39, 0.29) is 32.0 Å². The molecule has 0 saturated heterocycles. The van der Waals surface area contributed by atoms with Crippen LogP contribution in [-0.4, -0.2) is 24.0 Å². The third-order valence-corrected chi connectivity index (χ3v) is 5.46. The lowest BCUT2D eigenvalue weighted by Gasteiger charge is -2.18. The maximum atomic E-state index is 12.8. The highest BCUT2D eigenvalue weighted by molar-refractivity contribution is 5.91. The molecule has 7 heteroatoms. The Morgan fingerprint density at radius 2 is 1.37 bits per heavy atom. The van der Waals surface area contributed by atoms with Gasteiger partial charge in [0.05, 0.1) is 0 Å². The van der Waals surface area contributed by atoms with Gasteiger partial charge in [-0.2, -0.15) is 0 Å². The third kappa shape index (κ3) is 8.62. The Morgan fingerprint density at radius 1 is 0.771 bits per heavy atom. The van der Waals surface area contributed by atoms with Crippen molar-refractivity contribution in [2.45, 2.75) is 45.9 Å². The summed E-state index contributed by atoms with van der Waals surface area (Å²) in [7, 11) is 0. The largest absolute Gasteiger partial charge is 0.459 e. The number of rotatable bonds is 10. The number of carbonyl (C=O) groups is 3. The van der Waals surface area contributed by atoms with Crippen LogP contribution in [0.5, 0.6) is 0 Å². The van der Waals surface area contributed by atoms with Gasteiger partial charge in [-0.05, 0) is 54.7 Å². The van der Waals surface area contributed by atoms with Gasteiger partial charge < -0.3 is 20.1 Å². The first-order valence-electron chi connectivity index (χ1n) is 11.5. The highest BCUT2D eigenvalue weighted by atomic mass is 16.6. The highest BCUT2D eigenvalue weighted by Crippen LogP contribution is 2.15. The average molecular weight is 475 g/mol. The van der Waals surface area contributed by atoms with Crippen molar-refractivity contribution in [1.82, 2.24) is 5.32 Å². The van der Waals surface area contributed by atoms with E-state index in [0.29, 0.717) is 5.69 Å². The zero-order valence-corrected chi connectivity index (χ0v) is 20.0. The van der Waals surface area contributed by atoms with Crippen molar-refractivity contribution in [3.05, 3.63) is 101 Å². The molecule has 2 amide bonds. The molecule has 35 heavy (non-hydrogen) atoms. The molecular weight excluding hydrogens is 444 g/mol. The van der Waals surface area contributed by atoms with Crippen LogP contribution < -0.4 is 10.6 Å². The Labute approximate surface area is 205 Å². The van der Waals surface area contributed by atoms with Crippen molar-refractivity contribution in [3.8, 4) is 0 Å². The van der Waals surface area contributed by atoms with Crippen molar-refractivity contribution in [1.29, 1.82) is 0 Å². The van der Waals surface area contributed by atoms with Crippen LogP contribution in [0.2, 0.25) is 0 Å². The minimum absolute atomic E-state index is 0.0109. The number of carbonyl (C=O) groups excluding carboxylic acids is 3. The van der Waals surface area contributed by atoms with Crippen LogP contribution >= 0.6 is 0 Å². The van der Waals surface area contributed by atoms with Gasteiger partial charge in [0, 0.05) is 12.1 Å². The number of anilines is 1. The highest BCUT2D eigenvalue weighted by Gasteiger charge is 2.24. The van der Waals surface area contributed by atoms with Gasteiger partial charge in [0.2, 0.25) is 5.91 Å². The molecule has 0 aliphatic rings. The third-order valence-electron chi connectivity index (χ3n) is 5.46. The Bertz CT molecular complexity index is 1130. The number of hydrogen-bond acceptors (Lipinski definition) is 5. The minimum Gasteiger partial charge on any atom is -0.459 e. The fraction of sp³-hybridized carbons (Fsp3) is 0.250. The Kier molecular flexibility index (Phi) is 9.42. The van der Waals surface area contributed by atoms with Crippen LogP contribution in [0.15, 0.2) is 78.9 Å². The van der Waals surface area contributed by atoms with E-state index in [1.54, 1.807) is 0 Å². The first-order chi connectivity index (χ1) is 16.9. The van der Waals surface area contributed by atoms with Gasteiger partial charge in [-0.1, -0.05) is 66.7 Å². The molecule has 3 aromatic rings. The molecule has 3 rings (SSSR count). The molecule has 0 heterocycles. The molecular formula is C28H30N2O5. The van der Waals surface area contributed by atoms with E-state index in [4.69, 9.17) is 9.47 Å². The molecule has 0 radical (unpaired) electrons. The van der Waals surface area contributed by atoms with E-state index in [1.807, 2.05) is 92.7 Å². The van der Waals surface area contributed by atoms with Crippen LogP contribution in [-0.2, 0) is 32.3 Å². The SMILES string of the molecule is Cc1ccc(NC(=O)CC[C@H](NC(=O)OCc2ccccc2)C(=O)OCc2ccccc2)cc1C. The maximum Gasteiger partial charge on any atom is 0.408 e. The van der Waals surface area contributed by atoms with Crippen LogP contribution in [0.1, 0.15) is 35.1 Å². The summed E-state index contributed by atoms with van der Waals surface area (Å²) in [4.78, 5) is 37.6. The molecule has 0 bridgehead atoms. The number of benzene rings is 3. The number of esters is 1. The number of aryl methyl sites for hydroxylation is 2. The van der Waals surface area contributed by atoms with Gasteiger partial charge in [-0.15, -0.1) is 0 Å². The molecule has 0 aliphatic heterocycles. The van der Waals surface area contributed by atoms with E-state index in [0.717, 1.165) is 22.3 Å². The van der Waals surface area contributed by atoms with Crippen molar-refractivity contribution >= 4 is 23.7 Å². The summed E-state index contributed by atoms with van der Waals surface area (Å²) in [5.41, 5.74) is 4.50. The van der Waals surface area contributed by atoms with Crippen molar-refractivity contribution < 1.29 is 23.9 Å². The van der Waals surface area contributed by atoms with Gasteiger partial charge in [0.25, 0.3) is 0 Å². The zero-order valence-electron chi connectivity index (χ0n) is 20.0. The predicted molar refractivity (Wildman–Crippen MR) is 134 cm³/mol. The van der Waals surface area contributed by atoms with E-state index in [1.165, 1.54) is 0 Å². The molecule has 3 aromatic carbocycles. The molecule has 0 saturated carbocycles. The maximum absolute atomic E-state index is 12.8. The van der Waals surface area contributed by atoms with Gasteiger partial charge in [-0.25, -0.2) is 9.59 Å². The fourth-order valence-electron chi connectivity index (χ4n) is 3.30. The standard InChI is InChI=1S/C28H30N2O5/c1-20-13-14-24(17-21(20)2)29-26(31)16-15-25(27(32)34-18-22-9-5-3-6-10-22)30-28(33)35-19-23-11-7-4-8-12-23/h3-14,17,25H,15-16,18-19H2,1-2H3,(H,29,31)(H,30,33)/t25-/m0/s1. The van der Waals surface area contributed by atoms with Crippen molar-refractivity contribution in [2.75, 3.05) is 5.32 Å². The Morgan fingerprint density at radius 3 is 1.97 bits per heavy atom. The number of ether oxygens (including phenoxy) is 2. The van der Waals surface area contributed by atoms with Gasteiger partial charge in [0.1, 0.15) is 19.3 Å². The summed E-state index contributed by atoms with van der Waals surface area (Å²) in [5.74, 6) is -0.905. The van der Waals surface area contributed by atoms with Crippen LogP contribution in [0.4, 0.5) is 10.5 Å². The van der Waals surface area contributed by atoms with Gasteiger partial charge in [0.15, 0.2) is 0 Å². The summed E-state index contributed by atoms with van der Waals surface area (Å²) < 4.78 is 10.6. The number of nitrogens with one attached hydrogen (secondary N) is 2. The van der Waals surface area contributed by atoms with E-state index in [9.17, 15) is 14.4 Å². The lowest BCUT2D eigenvalue weighted by atomic mass is 10.1. The van der Waals surface area contributed by atoms with E-state index < -0.39 is 18.1 Å². The molecule has 0 unspecified atom stereocenters. The van der Waals surface area contributed by atoms with E-state index >= 15 is 0 Å². The second-order valence-electron chi connectivity index (χ2n) is 8.24. The smallest absolute Gasteiger partial charge is 0.408 e. The topological polar surface area (TPSA) is 93.7 Å². The molecule has 2 N–H and O–H groups in total. The Hall–Kier alpha value is -4.13. The summed E-state index contributed by atoms with van der Waals surface area (Å²) in [5, 5.41) is 5.37. The molecule has 0 aliphatic carbocycles. The lowest BCUT2D eigenvalue weighted by Crippen LogP contribution is -2.42. The molecule has 7 nitrogen and oxygen atoms in total. The zero-order chi connectivity index (χ0) is 25.0. The molecule has 0 fully saturated rings. The average Bonchev–Trinajstić information content (AvgIpc) is 2.87. The molecule has 1 atom stereocenters. The van der Waals surface area contributed by atoms with E-state index in [2.05, 4.69) is 10.6 Å². The summed E-state index contributed by atoms with van der Waals surface area (Å²) in [6.45, 7) is 4.08. The minimum atomic E-state index is -1.03. The summed E-state index contributed by atoms with van der Waals surface area (Å²) >= 11 is 0. The monoisotopic (exact) mass is 474 g/mol. The van der Waals surface area contributed by atoms with Gasteiger partial charge in [-0.3, -0.25) is 4.79 Å². The van der Waals surface area contributed by atoms with Crippen molar-refractivity contribution in [3.63, 3.8) is 0 Å². The van der Waals surface area contributed by atoms with Gasteiger partial charge >= 0.3 is 12.1 Å². The normalized spacial score (nSPS) is 11.3. The van der Waals surface area contributed by atoms with Crippen LogP contribution in [0.25, 0.3) is 0 Å². The fourth-order valence-corrected chi connectivity index (χ4v) is 3.30.